The molecule has 0 saturated heterocycles. The minimum atomic E-state index is -0.153. The predicted molar refractivity (Wildman–Crippen MR) is 71.7 cm³/mol. The van der Waals surface area contributed by atoms with Crippen LogP contribution in [0.1, 0.15) is 0 Å². The van der Waals surface area contributed by atoms with E-state index in [-0.39, 0.29) is 11.3 Å². The number of aromatic amines is 1. The number of aromatic hydroxyl groups is 1. The summed E-state index contributed by atoms with van der Waals surface area (Å²) in [5.41, 5.74) is 2.00. The van der Waals surface area contributed by atoms with Crippen molar-refractivity contribution < 1.29 is 5.11 Å². The van der Waals surface area contributed by atoms with Crippen LogP contribution in [0.3, 0.4) is 0 Å². The standard InChI is InChI=1S/C15H11NO2/c17-12-7-6-11-8-13(10-4-2-1-3-5-10)15(18)16-14(11)9-12/h1-9,17H,(H,16,18). The Labute approximate surface area is 103 Å². The molecular weight excluding hydrogens is 226 g/mol. The van der Waals surface area contributed by atoms with E-state index in [1.54, 1.807) is 18.2 Å². The largest absolute Gasteiger partial charge is 0.508 e. The zero-order chi connectivity index (χ0) is 12.5. The van der Waals surface area contributed by atoms with Crippen LogP contribution in [0.15, 0.2) is 59.4 Å². The van der Waals surface area contributed by atoms with Crippen LogP contribution in [0.4, 0.5) is 0 Å². The van der Waals surface area contributed by atoms with Crippen molar-refractivity contribution in [3.05, 3.63) is 65.0 Å². The number of H-pyrrole nitrogens is 1. The van der Waals surface area contributed by atoms with Crippen molar-refractivity contribution in [1.82, 2.24) is 4.98 Å². The molecule has 0 unspecified atom stereocenters. The maximum absolute atomic E-state index is 12.0. The molecule has 0 bridgehead atoms. The minimum absolute atomic E-state index is 0.144. The van der Waals surface area contributed by atoms with Gasteiger partial charge in [0.2, 0.25) is 0 Å². The van der Waals surface area contributed by atoms with Crippen molar-refractivity contribution in [2.45, 2.75) is 0 Å². The lowest BCUT2D eigenvalue weighted by Crippen LogP contribution is -2.08. The first-order valence-corrected chi connectivity index (χ1v) is 5.65. The van der Waals surface area contributed by atoms with E-state index >= 15 is 0 Å². The Morgan fingerprint density at radius 2 is 1.72 bits per heavy atom. The van der Waals surface area contributed by atoms with E-state index in [9.17, 15) is 9.90 Å². The molecule has 88 valence electrons. The monoisotopic (exact) mass is 237 g/mol. The maximum atomic E-state index is 12.0. The van der Waals surface area contributed by atoms with Gasteiger partial charge in [0.1, 0.15) is 5.75 Å². The minimum Gasteiger partial charge on any atom is -0.508 e. The number of fused-ring (bicyclic) bond motifs is 1. The summed E-state index contributed by atoms with van der Waals surface area (Å²) >= 11 is 0. The van der Waals surface area contributed by atoms with Crippen LogP contribution in [-0.2, 0) is 0 Å². The first-order chi connectivity index (χ1) is 8.74. The van der Waals surface area contributed by atoms with E-state index in [4.69, 9.17) is 0 Å². The fourth-order valence-corrected chi connectivity index (χ4v) is 2.02. The highest BCUT2D eigenvalue weighted by Gasteiger charge is 2.05. The van der Waals surface area contributed by atoms with E-state index < -0.39 is 0 Å². The number of hydrogen-bond acceptors (Lipinski definition) is 2. The number of benzene rings is 2. The van der Waals surface area contributed by atoms with Gasteiger partial charge < -0.3 is 10.1 Å². The molecule has 3 nitrogen and oxygen atoms in total. The van der Waals surface area contributed by atoms with Gasteiger partial charge in [0, 0.05) is 11.6 Å². The van der Waals surface area contributed by atoms with Gasteiger partial charge in [-0.1, -0.05) is 30.3 Å². The van der Waals surface area contributed by atoms with Crippen LogP contribution < -0.4 is 5.56 Å². The van der Waals surface area contributed by atoms with E-state index in [2.05, 4.69) is 4.98 Å². The normalized spacial score (nSPS) is 10.7. The smallest absolute Gasteiger partial charge is 0.256 e. The number of phenols is 1. The zero-order valence-corrected chi connectivity index (χ0v) is 9.55. The molecule has 0 aliphatic rings. The molecule has 3 rings (SSSR count). The van der Waals surface area contributed by atoms with E-state index in [0.717, 1.165) is 10.9 Å². The van der Waals surface area contributed by atoms with Crippen molar-refractivity contribution in [1.29, 1.82) is 0 Å². The molecule has 1 aromatic heterocycles. The van der Waals surface area contributed by atoms with Crippen LogP contribution in [0, 0.1) is 0 Å². The second-order valence-electron chi connectivity index (χ2n) is 4.15. The molecule has 0 amide bonds. The van der Waals surface area contributed by atoms with Gasteiger partial charge in [-0.25, -0.2) is 0 Å². The van der Waals surface area contributed by atoms with Gasteiger partial charge in [0.15, 0.2) is 0 Å². The van der Waals surface area contributed by atoms with Gasteiger partial charge in [-0.3, -0.25) is 4.79 Å². The Morgan fingerprint density at radius 1 is 0.944 bits per heavy atom. The third kappa shape index (κ3) is 1.76. The molecule has 0 spiro atoms. The summed E-state index contributed by atoms with van der Waals surface area (Å²) in [6.07, 6.45) is 0. The summed E-state index contributed by atoms with van der Waals surface area (Å²) in [7, 11) is 0. The molecular formula is C15H11NO2. The van der Waals surface area contributed by atoms with Gasteiger partial charge in [-0.2, -0.15) is 0 Å². The third-order valence-electron chi connectivity index (χ3n) is 2.91. The molecule has 1 heterocycles. The van der Waals surface area contributed by atoms with Crippen LogP contribution in [-0.4, -0.2) is 10.1 Å². The Bertz CT molecular complexity index is 760. The summed E-state index contributed by atoms with van der Waals surface area (Å²) in [6.45, 7) is 0. The van der Waals surface area contributed by atoms with Crippen LogP contribution in [0.5, 0.6) is 5.75 Å². The lowest BCUT2D eigenvalue weighted by Gasteiger charge is -2.03. The SMILES string of the molecule is O=c1[nH]c2cc(O)ccc2cc1-c1ccccc1. The molecule has 0 atom stereocenters. The summed E-state index contributed by atoms with van der Waals surface area (Å²) in [5.74, 6) is 0.144. The van der Waals surface area contributed by atoms with Gasteiger partial charge in [0.05, 0.1) is 5.52 Å². The van der Waals surface area contributed by atoms with E-state index in [0.29, 0.717) is 11.1 Å². The van der Waals surface area contributed by atoms with Crippen molar-refractivity contribution in [3.63, 3.8) is 0 Å². The Kier molecular flexibility index (Phi) is 2.38. The average Bonchev–Trinajstić information content (AvgIpc) is 2.39. The number of aromatic nitrogens is 1. The Morgan fingerprint density at radius 3 is 2.50 bits per heavy atom. The van der Waals surface area contributed by atoms with E-state index in [1.165, 1.54) is 0 Å². The highest BCUT2D eigenvalue weighted by atomic mass is 16.3. The Hall–Kier alpha value is -2.55. The Balaban J connectivity index is 2.29. The van der Waals surface area contributed by atoms with E-state index in [1.807, 2.05) is 36.4 Å². The second-order valence-corrected chi connectivity index (χ2v) is 4.15. The van der Waals surface area contributed by atoms with Crippen molar-refractivity contribution in [3.8, 4) is 16.9 Å². The summed E-state index contributed by atoms with van der Waals surface area (Å²) in [4.78, 5) is 14.8. The van der Waals surface area contributed by atoms with Gasteiger partial charge >= 0.3 is 0 Å². The molecule has 18 heavy (non-hydrogen) atoms. The molecule has 0 aliphatic heterocycles. The van der Waals surface area contributed by atoms with Crippen LogP contribution in [0.25, 0.3) is 22.0 Å². The molecule has 2 N–H and O–H groups in total. The fourth-order valence-electron chi connectivity index (χ4n) is 2.02. The van der Waals surface area contributed by atoms with Crippen molar-refractivity contribution in [2.75, 3.05) is 0 Å². The summed E-state index contributed by atoms with van der Waals surface area (Å²) < 4.78 is 0. The average molecular weight is 237 g/mol. The lowest BCUT2D eigenvalue weighted by atomic mass is 10.1. The molecule has 3 aromatic rings. The topological polar surface area (TPSA) is 53.1 Å². The number of nitrogens with one attached hydrogen (secondary N) is 1. The van der Waals surface area contributed by atoms with Crippen LogP contribution in [0.2, 0.25) is 0 Å². The highest BCUT2D eigenvalue weighted by molar-refractivity contribution is 5.84. The molecule has 0 saturated carbocycles. The fraction of sp³-hybridized carbons (Fsp3) is 0. The number of phenolic OH excluding ortho intramolecular Hbond substituents is 1. The first kappa shape index (κ1) is 10.6. The lowest BCUT2D eigenvalue weighted by molar-refractivity contribution is 0.476. The summed E-state index contributed by atoms with van der Waals surface area (Å²) in [5, 5.41) is 10.3. The zero-order valence-electron chi connectivity index (χ0n) is 9.55. The second kappa shape index (κ2) is 4.04. The third-order valence-corrected chi connectivity index (χ3v) is 2.91. The number of rotatable bonds is 1. The molecule has 0 fully saturated rings. The molecule has 3 heteroatoms. The van der Waals surface area contributed by atoms with Crippen molar-refractivity contribution in [2.24, 2.45) is 0 Å². The predicted octanol–water partition coefficient (Wildman–Crippen LogP) is 2.90. The summed E-state index contributed by atoms with van der Waals surface area (Å²) in [6, 6.07) is 16.3. The van der Waals surface area contributed by atoms with Crippen molar-refractivity contribution >= 4 is 10.9 Å². The number of pyridine rings is 1. The van der Waals surface area contributed by atoms with Gasteiger partial charge in [-0.15, -0.1) is 0 Å². The highest BCUT2D eigenvalue weighted by Crippen LogP contribution is 2.21. The quantitative estimate of drug-likeness (QED) is 0.683. The number of hydrogen-bond donors (Lipinski definition) is 2. The van der Waals surface area contributed by atoms with Crippen LogP contribution >= 0.6 is 0 Å². The maximum Gasteiger partial charge on any atom is 0.256 e. The molecule has 0 aliphatic carbocycles. The molecule has 0 radical (unpaired) electrons. The molecule has 2 aromatic carbocycles. The first-order valence-electron chi connectivity index (χ1n) is 5.65. The van der Waals surface area contributed by atoms with Gasteiger partial charge in [-0.05, 0) is 29.1 Å². The van der Waals surface area contributed by atoms with Gasteiger partial charge in [0.25, 0.3) is 5.56 Å².